The van der Waals surface area contributed by atoms with Crippen molar-refractivity contribution in [3.63, 3.8) is 0 Å². The maximum absolute atomic E-state index is 10.4. The summed E-state index contributed by atoms with van der Waals surface area (Å²) in [7, 11) is -2.31. The smallest absolute Gasteiger partial charge is 0.133 e. The van der Waals surface area contributed by atoms with Gasteiger partial charge in [-0.1, -0.05) is 6.92 Å². The fourth-order valence-corrected chi connectivity index (χ4v) is 1.41. The highest BCUT2D eigenvalue weighted by Gasteiger charge is 2.01. The minimum atomic E-state index is -2.31. The molecule has 1 rings (SSSR count). The normalized spacial score (nSPS) is 10.2. The van der Waals surface area contributed by atoms with Gasteiger partial charge in [-0.25, -0.2) is 0 Å². The monoisotopic (exact) mass is 252 g/mol. The van der Waals surface area contributed by atoms with E-state index in [1.54, 1.807) is 25.1 Å². The molecule has 0 amide bonds. The van der Waals surface area contributed by atoms with Gasteiger partial charge in [0.2, 0.25) is 0 Å². The number of hydrogen-bond donors (Lipinski definition) is 0. The van der Waals surface area contributed by atoms with Gasteiger partial charge in [0.25, 0.3) is 0 Å². The van der Waals surface area contributed by atoms with Crippen molar-refractivity contribution in [2.24, 2.45) is 0 Å². The highest BCUT2D eigenvalue weighted by Crippen LogP contribution is 2.23. The Kier molecular flexibility index (Phi) is 6.56. The Hall–Kier alpha value is -1.24. The lowest BCUT2D eigenvalue weighted by atomic mass is 10.2. The van der Waals surface area contributed by atoms with Crippen molar-refractivity contribution in [1.82, 2.24) is 0 Å². The van der Waals surface area contributed by atoms with E-state index in [1.807, 2.05) is 6.92 Å². The van der Waals surface area contributed by atoms with E-state index in [9.17, 15) is 10.0 Å². The van der Waals surface area contributed by atoms with Crippen LogP contribution in [0.25, 0.3) is 0 Å². The molecule has 0 unspecified atom stereocenters. The van der Waals surface area contributed by atoms with Gasteiger partial charge in [0.15, 0.2) is 0 Å². The molecule has 0 bridgehead atoms. The molecular formula is C12H17BO5-2. The standard InChI is InChI=1S/C12H17BO5/c1-3-6-16-7-8-17-11-4-5-12(10(2)9-11)18-13(14)15/h4-5,9H,3,6-8H2,1-2H3/q-2. The van der Waals surface area contributed by atoms with Crippen molar-refractivity contribution in [2.75, 3.05) is 19.8 Å². The summed E-state index contributed by atoms with van der Waals surface area (Å²) in [5, 5.41) is 20.8. The summed E-state index contributed by atoms with van der Waals surface area (Å²) >= 11 is 0. The molecule has 0 heterocycles. The Labute approximate surface area is 107 Å². The van der Waals surface area contributed by atoms with Crippen LogP contribution in [0.5, 0.6) is 11.5 Å². The average molecular weight is 252 g/mol. The molecule has 1 aromatic rings. The van der Waals surface area contributed by atoms with Crippen LogP contribution in [0.3, 0.4) is 0 Å². The van der Waals surface area contributed by atoms with Crippen LogP contribution in [0.1, 0.15) is 18.9 Å². The number of ether oxygens (including phenoxy) is 2. The maximum Gasteiger partial charge on any atom is 0.133 e. The van der Waals surface area contributed by atoms with Crippen LogP contribution in [0.4, 0.5) is 0 Å². The molecule has 100 valence electrons. The lowest BCUT2D eigenvalue weighted by molar-refractivity contribution is -0.372. The summed E-state index contributed by atoms with van der Waals surface area (Å²) in [5.41, 5.74) is 0.693. The zero-order chi connectivity index (χ0) is 13.4. The summed E-state index contributed by atoms with van der Waals surface area (Å²) in [6.07, 6.45) is 0.983. The molecule has 0 atom stereocenters. The van der Waals surface area contributed by atoms with Gasteiger partial charge < -0.3 is 24.2 Å². The fourth-order valence-electron chi connectivity index (χ4n) is 1.41. The predicted octanol–water partition coefficient (Wildman–Crippen LogP) is -0.115. The van der Waals surface area contributed by atoms with Gasteiger partial charge in [-0.15, -0.1) is 0 Å². The van der Waals surface area contributed by atoms with E-state index in [4.69, 9.17) is 9.47 Å². The van der Waals surface area contributed by atoms with Crippen molar-refractivity contribution in [1.29, 1.82) is 0 Å². The molecule has 0 fully saturated rings. The lowest BCUT2D eigenvalue weighted by Gasteiger charge is -2.27. The second-order valence-corrected chi connectivity index (χ2v) is 3.79. The topological polar surface area (TPSA) is 73.8 Å². The van der Waals surface area contributed by atoms with Gasteiger partial charge in [-0.2, -0.15) is 0 Å². The van der Waals surface area contributed by atoms with Gasteiger partial charge in [0.1, 0.15) is 19.7 Å². The first-order valence-electron chi connectivity index (χ1n) is 5.93. The number of aryl methyl sites for hydroxylation is 1. The van der Waals surface area contributed by atoms with Crippen LogP contribution in [-0.4, -0.2) is 27.1 Å². The van der Waals surface area contributed by atoms with Crippen molar-refractivity contribution in [3.8, 4) is 11.5 Å². The minimum Gasteiger partial charge on any atom is -0.860 e. The highest BCUT2D eigenvalue weighted by molar-refractivity contribution is 6.29. The Morgan fingerprint density at radius 3 is 2.56 bits per heavy atom. The van der Waals surface area contributed by atoms with Crippen LogP contribution >= 0.6 is 0 Å². The van der Waals surface area contributed by atoms with E-state index in [0.29, 0.717) is 30.3 Å². The van der Waals surface area contributed by atoms with Gasteiger partial charge in [0, 0.05) is 6.61 Å². The van der Waals surface area contributed by atoms with Gasteiger partial charge in [-0.3, -0.25) is 0 Å². The van der Waals surface area contributed by atoms with Gasteiger partial charge >= 0.3 is 0 Å². The summed E-state index contributed by atoms with van der Waals surface area (Å²) < 4.78 is 15.3. The zero-order valence-electron chi connectivity index (χ0n) is 10.7. The molecule has 0 radical (unpaired) electrons. The highest BCUT2D eigenvalue weighted by atomic mass is 16.6. The van der Waals surface area contributed by atoms with Crippen molar-refractivity contribution in [3.05, 3.63) is 23.8 Å². The van der Waals surface area contributed by atoms with Crippen LogP contribution < -0.4 is 19.4 Å². The largest absolute Gasteiger partial charge is 0.860 e. The first-order valence-corrected chi connectivity index (χ1v) is 5.93. The lowest BCUT2D eigenvalue weighted by Crippen LogP contribution is -2.50. The number of hydrogen-bond acceptors (Lipinski definition) is 5. The van der Waals surface area contributed by atoms with Crippen LogP contribution in [0.15, 0.2) is 18.2 Å². The SMILES string of the molecule is CCCOCCOc1ccc(OB([O-])[O-])c(C)c1. The van der Waals surface area contributed by atoms with E-state index in [2.05, 4.69) is 4.65 Å². The molecule has 0 aliphatic carbocycles. The second kappa shape index (κ2) is 7.97. The Balaban J connectivity index is 2.41. The Morgan fingerprint density at radius 1 is 1.17 bits per heavy atom. The molecule has 0 saturated heterocycles. The quantitative estimate of drug-likeness (QED) is 0.476. The summed E-state index contributed by atoms with van der Waals surface area (Å²) in [6.45, 7) is 5.52. The summed E-state index contributed by atoms with van der Waals surface area (Å²) in [4.78, 5) is 0. The molecule has 0 saturated carbocycles. The van der Waals surface area contributed by atoms with Gasteiger partial charge in [-0.05, 0) is 37.1 Å². The molecule has 0 aliphatic heterocycles. The molecule has 0 N–H and O–H groups in total. The van der Waals surface area contributed by atoms with Crippen LogP contribution in [-0.2, 0) is 4.74 Å². The Morgan fingerprint density at radius 2 is 1.94 bits per heavy atom. The molecule has 5 nitrogen and oxygen atoms in total. The first kappa shape index (κ1) is 14.8. The Bertz CT molecular complexity index is 356. The van der Waals surface area contributed by atoms with Crippen molar-refractivity contribution < 1.29 is 24.2 Å². The van der Waals surface area contributed by atoms with E-state index < -0.39 is 7.32 Å². The number of benzene rings is 1. The van der Waals surface area contributed by atoms with E-state index in [0.717, 1.165) is 13.0 Å². The van der Waals surface area contributed by atoms with Crippen LogP contribution in [0, 0.1) is 6.92 Å². The maximum atomic E-state index is 10.4. The third kappa shape index (κ3) is 5.40. The molecule has 0 aromatic heterocycles. The van der Waals surface area contributed by atoms with Crippen molar-refractivity contribution in [2.45, 2.75) is 20.3 Å². The van der Waals surface area contributed by atoms with E-state index in [-0.39, 0.29) is 0 Å². The summed E-state index contributed by atoms with van der Waals surface area (Å²) in [5.74, 6) is 0.952. The molecule has 18 heavy (non-hydrogen) atoms. The second-order valence-electron chi connectivity index (χ2n) is 3.79. The van der Waals surface area contributed by atoms with Crippen LogP contribution in [0.2, 0.25) is 0 Å². The third-order valence-electron chi connectivity index (χ3n) is 2.21. The number of rotatable bonds is 8. The van der Waals surface area contributed by atoms with E-state index >= 15 is 0 Å². The summed E-state index contributed by atoms with van der Waals surface area (Å²) in [6, 6.07) is 4.93. The van der Waals surface area contributed by atoms with Gasteiger partial charge in [0.05, 0.1) is 12.4 Å². The fraction of sp³-hybridized carbons (Fsp3) is 0.500. The first-order chi connectivity index (χ1) is 8.63. The molecular weight excluding hydrogens is 235 g/mol. The molecule has 0 aliphatic rings. The molecule has 6 heteroatoms. The minimum absolute atomic E-state index is 0.291. The predicted molar refractivity (Wildman–Crippen MR) is 64.2 cm³/mol. The average Bonchev–Trinajstić information content (AvgIpc) is 2.32. The van der Waals surface area contributed by atoms with Crippen molar-refractivity contribution >= 4 is 7.32 Å². The third-order valence-corrected chi connectivity index (χ3v) is 2.21. The van der Waals surface area contributed by atoms with E-state index in [1.165, 1.54) is 0 Å². The molecule has 1 aromatic carbocycles. The molecule has 0 spiro atoms. The zero-order valence-corrected chi connectivity index (χ0v) is 10.7.